The largest absolute Gasteiger partial charge is 0.422 e. The summed E-state index contributed by atoms with van der Waals surface area (Å²) in [5.74, 6) is 0.302. The van der Waals surface area contributed by atoms with Crippen LogP contribution in [0.25, 0.3) is 11.8 Å². The zero-order valence-electron chi connectivity index (χ0n) is 13.0. The Morgan fingerprint density at radius 3 is 2.26 bits per heavy atom. The zero-order chi connectivity index (χ0) is 16.4. The SMILES string of the molecule is CC(C)c1ccc(C2=C/C(=C/c3ccc(F)cc3)C(=O)O2)cc1. The lowest BCUT2D eigenvalue weighted by Gasteiger charge is -2.06. The molecule has 2 nitrogen and oxygen atoms in total. The highest BCUT2D eigenvalue weighted by atomic mass is 19.1. The molecule has 0 fully saturated rings. The molecule has 2 aromatic rings. The molecule has 2 aromatic carbocycles. The summed E-state index contributed by atoms with van der Waals surface area (Å²) in [6.07, 6.45) is 3.41. The molecule has 23 heavy (non-hydrogen) atoms. The summed E-state index contributed by atoms with van der Waals surface area (Å²) >= 11 is 0. The van der Waals surface area contributed by atoms with E-state index >= 15 is 0 Å². The molecule has 0 bridgehead atoms. The fourth-order valence-electron chi connectivity index (χ4n) is 2.40. The number of hydrogen-bond acceptors (Lipinski definition) is 2. The molecule has 0 N–H and O–H groups in total. The second-order valence-electron chi connectivity index (χ2n) is 5.83. The van der Waals surface area contributed by atoms with E-state index in [1.807, 2.05) is 24.3 Å². The maximum Gasteiger partial charge on any atom is 0.343 e. The second-order valence-corrected chi connectivity index (χ2v) is 5.83. The quantitative estimate of drug-likeness (QED) is 0.593. The molecule has 0 atom stereocenters. The van der Waals surface area contributed by atoms with Crippen molar-refractivity contribution in [1.82, 2.24) is 0 Å². The third-order valence-electron chi connectivity index (χ3n) is 3.78. The summed E-state index contributed by atoms with van der Waals surface area (Å²) in [4.78, 5) is 12.0. The Balaban J connectivity index is 1.87. The molecule has 0 saturated carbocycles. The molecule has 0 aliphatic carbocycles. The molecular weight excluding hydrogens is 291 g/mol. The fourth-order valence-corrected chi connectivity index (χ4v) is 2.40. The molecule has 0 saturated heterocycles. The van der Waals surface area contributed by atoms with Gasteiger partial charge in [0.05, 0.1) is 5.57 Å². The molecule has 0 spiro atoms. The number of hydrogen-bond donors (Lipinski definition) is 0. The van der Waals surface area contributed by atoms with Crippen LogP contribution in [0.15, 0.2) is 60.2 Å². The molecule has 0 unspecified atom stereocenters. The van der Waals surface area contributed by atoms with Crippen molar-refractivity contribution in [2.45, 2.75) is 19.8 Å². The fraction of sp³-hybridized carbons (Fsp3) is 0.150. The first-order valence-corrected chi connectivity index (χ1v) is 7.54. The zero-order valence-corrected chi connectivity index (χ0v) is 13.0. The predicted molar refractivity (Wildman–Crippen MR) is 89.0 cm³/mol. The van der Waals surface area contributed by atoms with Gasteiger partial charge < -0.3 is 4.74 Å². The van der Waals surface area contributed by atoms with Gasteiger partial charge in [0, 0.05) is 5.56 Å². The van der Waals surface area contributed by atoms with Crippen molar-refractivity contribution in [2.24, 2.45) is 0 Å². The molecule has 1 aliphatic rings. The van der Waals surface area contributed by atoms with Crippen LogP contribution in [0.2, 0.25) is 0 Å². The summed E-state index contributed by atoms with van der Waals surface area (Å²) in [6, 6.07) is 14.0. The lowest BCUT2D eigenvalue weighted by Crippen LogP contribution is -1.97. The average Bonchev–Trinajstić information content (AvgIpc) is 2.91. The van der Waals surface area contributed by atoms with Gasteiger partial charge in [0.2, 0.25) is 0 Å². The van der Waals surface area contributed by atoms with E-state index in [9.17, 15) is 9.18 Å². The van der Waals surface area contributed by atoms with Gasteiger partial charge >= 0.3 is 5.97 Å². The molecule has 3 rings (SSSR count). The standard InChI is InChI=1S/C20H17FO2/c1-13(2)15-5-7-16(8-6-15)19-12-17(20(22)23-19)11-14-3-9-18(21)10-4-14/h3-13H,1-2H3/b17-11-. The van der Waals surface area contributed by atoms with Crippen molar-refractivity contribution in [3.8, 4) is 0 Å². The maximum absolute atomic E-state index is 12.9. The highest BCUT2D eigenvalue weighted by molar-refractivity contribution is 6.05. The van der Waals surface area contributed by atoms with Crippen LogP contribution in [0.3, 0.4) is 0 Å². The highest BCUT2D eigenvalue weighted by Crippen LogP contribution is 2.28. The summed E-state index contributed by atoms with van der Waals surface area (Å²) in [7, 11) is 0. The minimum Gasteiger partial charge on any atom is -0.422 e. The number of esters is 1. The van der Waals surface area contributed by atoms with E-state index in [1.165, 1.54) is 17.7 Å². The highest BCUT2D eigenvalue weighted by Gasteiger charge is 2.21. The first kappa shape index (κ1) is 15.2. The number of benzene rings is 2. The number of cyclic esters (lactones) is 1. The van der Waals surface area contributed by atoms with Crippen LogP contribution in [-0.4, -0.2) is 5.97 Å². The Hall–Kier alpha value is -2.68. The van der Waals surface area contributed by atoms with Gasteiger partial charge in [0.25, 0.3) is 0 Å². The van der Waals surface area contributed by atoms with Gasteiger partial charge in [-0.2, -0.15) is 0 Å². The minimum atomic E-state index is -0.391. The van der Waals surface area contributed by atoms with Gasteiger partial charge in [-0.05, 0) is 41.3 Å². The molecule has 116 valence electrons. The third kappa shape index (κ3) is 3.39. The van der Waals surface area contributed by atoms with Crippen LogP contribution in [0.1, 0.15) is 36.5 Å². The smallest absolute Gasteiger partial charge is 0.343 e. The molecule has 0 amide bonds. The lowest BCUT2D eigenvalue weighted by atomic mass is 10.0. The van der Waals surface area contributed by atoms with E-state index in [0.717, 1.165) is 11.1 Å². The van der Waals surface area contributed by atoms with Crippen LogP contribution in [0.5, 0.6) is 0 Å². The van der Waals surface area contributed by atoms with Gasteiger partial charge in [-0.15, -0.1) is 0 Å². The molecule has 1 aliphatic heterocycles. The van der Waals surface area contributed by atoms with Crippen molar-refractivity contribution in [3.05, 3.63) is 82.7 Å². The molecule has 0 radical (unpaired) electrons. The second kappa shape index (κ2) is 6.21. The topological polar surface area (TPSA) is 26.3 Å². The van der Waals surface area contributed by atoms with Crippen molar-refractivity contribution in [3.63, 3.8) is 0 Å². The van der Waals surface area contributed by atoms with E-state index in [0.29, 0.717) is 17.3 Å². The van der Waals surface area contributed by atoms with Gasteiger partial charge in [0.1, 0.15) is 11.6 Å². The molecule has 3 heteroatoms. The normalized spacial score (nSPS) is 15.9. The monoisotopic (exact) mass is 308 g/mol. The van der Waals surface area contributed by atoms with Crippen molar-refractivity contribution in [1.29, 1.82) is 0 Å². The Labute approximate surface area is 134 Å². The number of carbonyl (C=O) groups excluding carboxylic acids is 1. The van der Waals surface area contributed by atoms with Crippen molar-refractivity contribution in [2.75, 3.05) is 0 Å². The van der Waals surface area contributed by atoms with Crippen LogP contribution < -0.4 is 0 Å². The van der Waals surface area contributed by atoms with Gasteiger partial charge in [-0.25, -0.2) is 9.18 Å². The molecular formula is C20H17FO2. The van der Waals surface area contributed by atoms with Gasteiger partial charge in [0.15, 0.2) is 0 Å². The number of halogens is 1. The van der Waals surface area contributed by atoms with Crippen molar-refractivity contribution < 1.29 is 13.9 Å². The lowest BCUT2D eigenvalue weighted by molar-refractivity contribution is -0.130. The Kier molecular flexibility index (Phi) is 4.11. The maximum atomic E-state index is 12.9. The van der Waals surface area contributed by atoms with Crippen LogP contribution in [0, 0.1) is 5.82 Å². The van der Waals surface area contributed by atoms with E-state index < -0.39 is 5.97 Å². The van der Waals surface area contributed by atoms with Crippen LogP contribution in [0.4, 0.5) is 4.39 Å². The van der Waals surface area contributed by atoms with Crippen molar-refractivity contribution >= 4 is 17.8 Å². The number of rotatable bonds is 3. The van der Waals surface area contributed by atoms with E-state index in [-0.39, 0.29) is 5.82 Å². The van der Waals surface area contributed by atoms with Crippen LogP contribution >= 0.6 is 0 Å². The minimum absolute atomic E-state index is 0.303. The summed E-state index contributed by atoms with van der Waals surface area (Å²) < 4.78 is 18.3. The third-order valence-corrected chi connectivity index (χ3v) is 3.78. The molecule has 0 aromatic heterocycles. The Bertz CT molecular complexity index is 781. The summed E-state index contributed by atoms with van der Waals surface area (Å²) in [5.41, 5.74) is 3.32. The molecule has 1 heterocycles. The first-order valence-electron chi connectivity index (χ1n) is 7.54. The van der Waals surface area contributed by atoms with E-state index in [2.05, 4.69) is 13.8 Å². The van der Waals surface area contributed by atoms with Crippen LogP contribution in [-0.2, 0) is 9.53 Å². The number of carbonyl (C=O) groups is 1. The summed E-state index contributed by atoms with van der Waals surface area (Å²) in [6.45, 7) is 4.26. The first-order chi connectivity index (χ1) is 11.0. The average molecular weight is 308 g/mol. The summed E-state index contributed by atoms with van der Waals surface area (Å²) in [5, 5.41) is 0. The Morgan fingerprint density at radius 2 is 1.65 bits per heavy atom. The van der Waals surface area contributed by atoms with Gasteiger partial charge in [-0.1, -0.05) is 50.2 Å². The predicted octanol–water partition coefficient (Wildman–Crippen LogP) is 4.93. The van der Waals surface area contributed by atoms with E-state index in [1.54, 1.807) is 24.3 Å². The Morgan fingerprint density at radius 1 is 1.00 bits per heavy atom. The van der Waals surface area contributed by atoms with E-state index in [4.69, 9.17) is 4.74 Å². The van der Waals surface area contributed by atoms with Gasteiger partial charge in [-0.3, -0.25) is 0 Å². The number of ether oxygens (including phenoxy) is 1.